The summed E-state index contributed by atoms with van der Waals surface area (Å²) in [6, 6.07) is 0. The van der Waals surface area contributed by atoms with Crippen LogP contribution in [0.25, 0.3) is 0 Å². The number of halogens is 3. The quantitative estimate of drug-likeness (QED) is 0.724. The van der Waals surface area contributed by atoms with Crippen molar-refractivity contribution in [2.45, 2.75) is 0 Å². The summed E-state index contributed by atoms with van der Waals surface area (Å²) >= 11 is 0. The Morgan fingerprint density at radius 1 is 1.00 bits per heavy atom. The van der Waals surface area contributed by atoms with Crippen LogP contribution in [0.3, 0.4) is 0 Å². The molecule has 1 aromatic rings. The highest BCUT2D eigenvalue weighted by molar-refractivity contribution is 6.00. The number of aromatic carboxylic acids is 2. The molecule has 0 unspecified atom stereocenters. The van der Waals surface area contributed by atoms with Crippen LogP contribution in [0.2, 0.25) is 0 Å². The first kappa shape index (κ1) is 11.0. The van der Waals surface area contributed by atoms with E-state index in [4.69, 9.17) is 10.2 Å². The Hall–Kier alpha value is -2.12. The van der Waals surface area contributed by atoms with Crippen molar-refractivity contribution in [3.8, 4) is 0 Å². The number of aromatic nitrogens is 1. The zero-order chi connectivity index (χ0) is 11.7. The second kappa shape index (κ2) is 3.56. The van der Waals surface area contributed by atoms with E-state index in [9.17, 15) is 22.8 Å². The zero-order valence-electron chi connectivity index (χ0n) is 6.79. The Labute approximate surface area is 79.8 Å². The zero-order valence-corrected chi connectivity index (χ0v) is 6.79. The van der Waals surface area contributed by atoms with E-state index in [0.717, 1.165) is 0 Å². The van der Waals surface area contributed by atoms with Crippen LogP contribution in [0.4, 0.5) is 13.2 Å². The summed E-state index contributed by atoms with van der Waals surface area (Å²) in [7, 11) is 0. The van der Waals surface area contributed by atoms with Gasteiger partial charge in [-0.2, -0.15) is 8.78 Å². The molecule has 0 saturated carbocycles. The van der Waals surface area contributed by atoms with Crippen molar-refractivity contribution in [2.24, 2.45) is 0 Å². The Balaban J connectivity index is 3.65. The van der Waals surface area contributed by atoms with E-state index in [0.29, 0.717) is 0 Å². The van der Waals surface area contributed by atoms with Crippen LogP contribution >= 0.6 is 0 Å². The molecule has 0 aromatic carbocycles. The third kappa shape index (κ3) is 1.73. The number of carbonyl (C=O) groups is 2. The Bertz CT molecular complexity index is 460. The van der Waals surface area contributed by atoms with Gasteiger partial charge in [0.15, 0.2) is 11.5 Å². The highest BCUT2D eigenvalue weighted by Gasteiger charge is 2.28. The molecule has 0 fully saturated rings. The van der Waals surface area contributed by atoms with E-state index in [1.165, 1.54) is 0 Å². The molecule has 0 aliphatic carbocycles. The van der Waals surface area contributed by atoms with Gasteiger partial charge in [-0.1, -0.05) is 0 Å². The molecule has 1 heterocycles. The van der Waals surface area contributed by atoms with Crippen molar-refractivity contribution >= 4 is 11.9 Å². The molecular weight excluding hydrogens is 219 g/mol. The number of hydrogen-bond acceptors (Lipinski definition) is 3. The molecule has 0 saturated heterocycles. The molecule has 1 aromatic heterocycles. The maximum atomic E-state index is 12.8. The van der Waals surface area contributed by atoms with Crippen molar-refractivity contribution in [3.63, 3.8) is 0 Å². The molecule has 0 radical (unpaired) electrons. The van der Waals surface area contributed by atoms with E-state index in [1.54, 1.807) is 0 Å². The fourth-order valence-corrected chi connectivity index (χ4v) is 0.857. The lowest BCUT2D eigenvalue weighted by molar-refractivity contribution is 0.0638. The Morgan fingerprint density at radius 2 is 1.53 bits per heavy atom. The van der Waals surface area contributed by atoms with Crippen molar-refractivity contribution in [2.75, 3.05) is 0 Å². The third-order valence-corrected chi connectivity index (χ3v) is 1.46. The van der Waals surface area contributed by atoms with E-state index in [2.05, 4.69) is 4.98 Å². The number of nitrogens with zero attached hydrogens (tertiary/aromatic N) is 1. The van der Waals surface area contributed by atoms with Crippen molar-refractivity contribution in [3.05, 3.63) is 28.8 Å². The maximum absolute atomic E-state index is 12.8. The van der Waals surface area contributed by atoms with Crippen molar-refractivity contribution in [1.29, 1.82) is 0 Å². The number of pyridine rings is 1. The largest absolute Gasteiger partial charge is 0.478 e. The molecule has 0 aliphatic heterocycles. The average molecular weight is 221 g/mol. The Kier molecular flexibility index (Phi) is 2.60. The van der Waals surface area contributed by atoms with E-state index < -0.39 is 40.8 Å². The summed E-state index contributed by atoms with van der Waals surface area (Å²) < 4.78 is 37.8. The first-order valence-corrected chi connectivity index (χ1v) is 3.37. The first-order valence-electron chi connectivity index (χ1n) is 3.37. The van der Waals surface area contributed by atoms with Gasteiger partial charge < -0.3 is 10.2 Å². The van der Waals surface area contributed by atoms with Crippen LogP contribution in [0.1, 0.15) is 20.8 Å². The smallest absolute Gasteiger partial charge is 0.355 e. The van der Waals surface area contributed by atoms with Gasteiger partial charge in [-0.05, 0) is 0 Å². The number of rotatable bonds is 2. The van der Waals surface area contributed by atoms with Crippen LogP contribution in [0.15, 0.2) is 0 Å². The van der Waals surface area contributed by atoms with Gasteiger partial charge >= 0.3 is 11.9 Å². The minimum absolute atomic E-state index is 1.39. The summed E-state index contributed by atoms with van der Waals surface area (Å²) in [6.45, 7) is 0. The third-order valence-electron chi connectivity index (χ3n) is 1.46. The molecule has 1 rings (SSSR count). The monoisotopic (exact) mass is 221 g/mol. The van der Waals surface area contributed by atoms with Crippen LogP contribution < -0.4 is 0 Å². The van der Waals surface area contributed by atoms with Gasteiger partial charge in [-0.25, -0.2) is 19.0 Å². The van der Waals surface area contributed by atoms with Gasteiger partial charge in [-0.3, -0.25) is 0 Å². The molecule has 2 N–H and O–H groups in total. The second-order valence-electron chi connectivity index (χ2n) is 2.36. The number of hydrogen-bond donors (Lipinski definition) is 2. The topological polar surface area (TPSA) is 87.5 Å². The van der Waals surface area contributed by atoms with Crippen LogP contribution in [0.5, 0.6) is 0 Å². The van der Waals surface area contributed by atoms with Crippen LogP contribution in [0, 0.1) is 17.6 Å². The molecule has 0 aliphatic rings. The highest BCUT2D eigenvalue weighted by atomic mass is 19.2. The summed E-state index contributed by atoms with van der Waals surface area (Å²) in [5, 5.41) is 16.8. The summed E-state index contributed by atoms with van der Waals surface area (Å²) in [6.07, 6.45) is 0. The fourth-order valence-electron chi connectivity index (χ4n) is 0.857. The molecule has 8 heteroatoms. The molecule has 0 spiro atoms. The summed E-state index contributed by atoms with van der Waals surface area (Å²) in [5.41, 5.74) is -2.90. The van der Waals surface area contributed by atoms with Gasteiger partial charge in [-0.15, -0.1) is 0 Å². The lowest BCUT2D eigenvalue weighted by Gasteiger charge is -2.03. The predicted octanol–water partition coefficient (Wildman–Crippen LogP) is 0.895. The number of carboxylic acid groups (broad SMARTS) is 2. The maximum Gasteiger partial charge on any atom is 0.355 e. The van der Waals surface area contributed by atoms with E-state index in [1.807, 2.05) is 0 Å². The van der Waals surface area contributed by atoms with Gasteiger partial charge in [0, 0.05) is 0 Å². The highest BCUT2D eigenvalue weighted by Crippen LogP contribution is 2.17. The summed E-state index contributed by atoms with van der Waals surface area (Å²) in [4.78, 5) is 23.2. The minimum Gasteiger partial charge on any atom is -0.478 e. The van der Waals surface area contributed by atoms with Crippen molar-refractivity contribution < 1.29 is 33.0 Å². The van der Waals surface area contributed by atoms with Gasteiger partial charge in [0.05, 0.1) is 0 Å². The molecular formula is C7H2F3NO4. The Morgan fingerprint density at radius 3 is 1.93 bits per heavy atom. The lowest BCUT2D eigenvalue weighted by Crippen LogP contribution is -2.16. The second-order valence-corrected chi connectivity index (χ2v) is 2.36. The van der Waals surface area contributed by atoms with E-state index >= 15 is 0 Å². The summed E-state index contributed by atoms with van der Waals surface area (Å²) in [5.74, 6) is -10.2. The molecule has 0 amide bonds. The molecule has 0 bridgehead atoms. The number of carboxylic acids is 2. The molecule has 0 atom stereocenters. The van der Waals surface area contributed by atoms with Gasteiger partial charge in [0.2, 0.25) is 5.82 Å². The average Bonchev–Trinajstić information content (AvgIpc) is 2.12. The van der Waals surface area contributed by atoms with Gasteiger partial charge in [0.25, 0.3) is 5.95 Å². The molecule has 80 valence electrons. The minimum atomic E-state index is -2.13. The van der Waals surface area contributed by atoms with Crippen LogP contribution in [-0.4, -0.2) is 27.1 Å². The van der Waals surface area contributed by atoms with Gasteiger partial charge in [0.1, 0.15) is 5.56 Å². The SMILES string of the molecule is O=C(O)c1nc(F)c(F)c(F)c1C(=O)O. The molecule has 15 heavy (non-hydrogen) atoms. The lowest BCUT2D eigenvalue weighted by atomic mass is 10.2. The van der Waals surface area contributed by atoms with E-state index in [-0.39, 0.29) is 0 Å². The first-order chi connectivity index (χ1) is 6.86. The predicted molar refractivity (Wildman–Crippen MR) is 38.0 cm³/mol. The standard InChI is InChI=1S/C7H2F3NO4/c8-2-1(6(12)13)4(7(14)15)11-5(10)3(2)9/h(H,12,13)(H,14,15). The van der Waals surface area contributed by atoms with Crippen molar-refractivity contribution in [1.82, 2.24) is 4.98 Å². The fraction of sp³-hybridized carbons (Fsp3) is 0. The van der Waals surface area contributed by atoms with Crippen LogP contribution in [-0.2, 0) is 0 Å². The normalized spacial score (nSPS) is 10.1. The molecule has 5 nitrogen and oxygen atoms in total.